The molecule has 37 heavy (non-hydrogen) atoms. The summed E-state index contributed by atoms with van der Waals surface area (Å²) in [6.45, 7) is 12.3. The molecule has 0 aliphatic heterocycles. The predicted molar refractivity (Wildman–Crippen MR) is 153 cm³/mol. The van der Waals surface area contributed by atoms with E-state index in [1.165, 1.54) is 11.1 Å². The number of carbonyl (C=O) groups excluding carboxylic acids is 2. The van der Waals surface area contributed by atoms with E-state index in [4.69, 9.17) is 0 Å². The molecule has 2 rings (SSSR count). The van der Waals surface area contributed by atoms with Crippen LogP contribution in [0.3, 0.4) is 0 Å². The minimum absolute atomic E-state index is 0.197. The highest BCUT2D eigenvalue weighted by atomic mass is 16.3. The molecule has 0 radical (unpaired) electrons. The number of Topliss-reactive ketones (excluding diaryl/α,β-unsaturated/α-hetero) is 1. The van der Waals surface area contributed by atoms with Crippen LogP contribution in [0.2, 0.25) is 0 Å². The van der Waals surface area contributed by atoms with Crippen molar-refractivity contribution in [1.29, 1.82) is 0 Å². The Bertz CT molecular complexity index is 1120. The number of allylic oxidation sites excluding steroid dienone is 10. The van der Waals surface area contributed by atoms with Crippen molar-refractivity contribution in [2.75, 3.05) is 0 Å². The van der Waals surface area contributed by atoms with Gasteiger partial charge in [-0.25, -0.2) is 0 Å². The topological polar surface area (TPSA) is 74.6 Å². The van der Waals surface area contributed by atoms with Crippen molar-refractivity contribution in [2.45, 2.75) is 80.1 Å². The molecule has 0 bridgehead atoms. The monoisotopic (exact) mass is 502 g/mol. The fraction of sp³-hybridized carbons (Fsp3) is 0.394. The third kappa shape index (κ3) is 8.31. The van der Waals surface area contributed by atoms with Crippen molar-refractivity contribution in [1.82, 2.24) is 0 Å². The number of hydrogen-bond acceptors (Lipinski definition) is 4. The van der Waals surface area contributed by atoms with Gasteiger partial charge in [-0.05, 0) is 80.1 Å². The van der Waals surface area contributed by atoms with Crippen molar-refractivity contribution in [3.8, 4) is 0 Å². The maximum atomic E-state index is 14.0. The van der Waals surface area contributed by atoms with Gasteiger partial charge in [0.05, 0.1) is 0 Å². The normalized spacial score (nSPS) is 19.9. The fourth-order valence-corrected chi connectivity index (χ4v) is 4.32. The number of ketones is 2. The highest BCUT2D eigenvalue weighted by molar-refractivity contribution is 6.24. The zero-order chi connectivity index (χ0) is 27.6. The first-order valence-corrected chi connectivity index (χ1v) is 13.0. The van der Waals surface area contributed by atoms with Gasteiger partial charge in [0.15, 0.2) is 11.6 Å². The van der Waals surface area contributed by atoms with E-state index in [1.807, 2.05) is 26.0 Å². The summed E-state index contributed by atoms with van der Waals surface area (Å²) >= 11 is 0. The number of hydrogen-bond donors (Lipinski definition) is 2. The van der Waals surface area contributed by atoms with Crippen LogP contribution in [0.15, 0.2) is 94.3 Å². The van der Waals surface area contributed by atoms with Crippen LogP contribution in [0, 0.1) is 5.41 Å². The molecule has 4 heteroatoms. The van der Waals surface area contributed by atoms with Gasteiger partial charge in [-0.2, -0.15) is 0 Å². The van der Waals surface area contributed by atoms with Gasteiger partial charge in [0.25, 0.3) is 0 Å². The molecule has 0 fully saturated rings. The molecule has 0 saturated heterocycles. The third-order valence-electron chi connectivity index (χ3n) is 6.72. The summed E-state index contributed by atoms with van der Waals surface area (Å²) in [4.78, 5) is 27.4. The van der Waals surface area contributed by atoms with Crippen molar-refractivity contribution >= 4 is 17.3 Å². The van der Waals surface area contributed by atoms with E-state index in [9.17, 15) is 19.8 Å². The summed E-state index contributed by atoms with van der Waals surface area (Å²) < 4.78 is 0. The molecule has 0 spiro atoms. The molecule has 0 amide bonds. The Hall–Kier alpha value is -3.40. The number of rotatable bonds is 11. The maximum Gasteiger partial charge on any atom is 0.184 e. The Morgan fingerprint density at radius 3 is 1.73 bits per heavy atom. The van der Waals surface area contributed by atoms with E-state index < -0.39 is 22.7 Å². The summed E-state index contributed by atoms with van der Waals surface area (Å²) in [7, 11) is 0. The van der Waals surface area contributed by atoms with Crippen LogP contribution >= 0.6 is 0 Å². The lowest BCUT2D eigenvalue weighted by molar-refractivity contribution is -0.136. The molecule has 0 heterocycles. The molecule has 198 valence electrons. The summed E-state index contributed by atoms with van der Waals surface area (Å²) in [6, 6.07) is 8.63. The van der Waals surface area contributed by atoms with Crippen LogP contribution in [0.5, 0.6) is 0 Å². The van der Waals surface area contributed by atoms with Crippen LogP contribution in [0.4, 0.5) is 0 Å². The predicted octanol–water partition coefficient (Wildman–Crippen LogP) is 8.70. The van der Waals surface area contributed by atoms with Gasteiger partial charge in [0, 0.05) is 11.6 Å². The van der Waals surface area contributed by atoms with E-state index in [0.717, 1.165) is 42.9 Å². The molecule has 1 aromatic carbocycles. The smallest absolute Gasteiger partial charge is 0.184 e. The van der Waals surface area contributed by atoms with E-state index in [2.05, 4.69) is 39.8 Å². The van der Waals surface area contributed by atoms with Crippen molar-refractivity contribution in [3.63, 3.8) is 0 Å². The zero-order valence-electron chi connectivity index (χ0n) is 23.2. The standard InChI is InChI=1S/C33H42O4/c1-23(2)12-10-14-25(5)18-20-33(21-19-26(6)15-11-13-24(3)4)29(35)22-28(34)30(32(33)37)31(36)27-16-8-7-9-17-27/h7-9,12-13,16-19,22,34,36H,10-11,14-15,20-21H2,1-6H3. The second-order valence-corrected chi connectivity index (χ2v) is 10.5. The number of benzene rings is 1. The lowest BCUT2D eigenvalue weighted by Gasteiger charge is -2.32. The molecular weight excluding hydrogens is 460 g/mol. The largest absolute Gasteiger partial charge is 0.507 e. The first kappa shape index (κ1) is 29.8. The van der Waals surface area contributed by atoms with Gasteiger partial charge in [-0.1, -0.05) is 76.9 Å². The first-order valence-electron chi connectivity index (χ1n) is 13.0. The molecular formula is C33H42O4. The molecule has 1 aliphatic rings. The van der Waals surface area contributed by atoms with Crippen LogP contribution in [-0.2, 0) is 9.59 Å². The van der Waals surface area contributed by atoms with Crippen LogP contribution < -0.4 is 0 Å². The zero-order valence-corrected chi connectivity index (χ0v) is 23.2. The highest BCUT2D eigenvalue weighted by Gasteiger charge is 2.49. The second kappa shape index (κ2) is 13.8. The summed E-state index contributed by atoms with van der Waals surface area (Å²) in [6.07, 6.45) is 13.2. The van der Waals surface area contributed by atoms with Crippen molar-refractivity contribution in [2.24, 2.45) is 5.41 Å². The van der Waals surface area contributed by atoms with Gasteiger partial charge in [0.1, 0.15) is 22.5 Å². The molecule has 1 aromatic rings. The van der Waals surface area contributed by atoms with Crippen LogP contribution in [-0.4, -0.2) is 21.8 Å². The molecule has 0 saturated carbocycles. The Morgan fingerprint density at radius 1 is 0.784 bits per heavy atom. The lowest BCUT2D eigenvalue weighted by atomic mass is 9.67. The number of carbonyl (C=O) groups is 2. The number of aliphatic hydroxyl groups is 2. The van der Waals surface area contributed by atoms with E-state index in [-0.39, 0.29) is 24.2 Å². The van der Waals surface area contributed by atoms with Gasteiger partial charge >= 0.3 is 0 Å². The molecule has 1 aliphatic carbocycles. The summed E-state index contributed by atoms with van der Waals surface area (Å²) in [5.41, 5.74) is 3.49. The lowest BCUT2D eigenvalue weighted by Crippen LogP contribution is -2.42. The van der Waals surface area contributed by atoms with Crippen molar-refractivity contribution < 1.29 is 19.8 Å². The maximum absolute atomic E-state index is 14.0. The van der Waals surface area contributed by atoms with Gasteiger partial charge in [0.2, 0.25) is 0 Å². The Labute approximate surface area is 222 Å². The highest BCUT2D eigenvalue weighted by Crippen LogP contribution is 2.42. The molecule has 4 nitrogen and oxygen atoms in total. The first-order chi connectivity index (χ1) is 17.5. The third-order valence-corrected chi connectivity index (χ3v) is 6.72. The van der Waals surface area contributed by atoms with Crippen LogP contribution in [0.1, 0.15) is 85.6 Å². The SMILES string of the molecule is CC(C)=CCCC(C)=CCC1(CC=C(C)CCC=C(C)C)C(=O)C=C(O)C(=C(O)c2ccccc2)C1=O. The average molecular weight is 503 g/mol. The molecule has 0 unspecified atom stereocenters. The van der Waals surface area contributed by atoms with E-state index in [0.29, 0.717) is 5.56 Å². The molecule has 0 aromatic heterocycles. The van der Waals surface area contributed by atoms with E-state index >= 15 is 0 Å². The van der Waals surface area contributed by atoms with Gasteiger partial charge < -0.3 is 10.2 Å². The fourth-order valence-electron chi connectivity index (χ4n) is 4.32. The molecule has 2 N–H and O–H groups in total. The summed E-state index contributed by atoms with van der Waals surface area (Å²) in [5.74, 6) is -1.77. The Morgan fingerprint density at radius 2 is 1.27 bits per heavy atom. The van der Waals surface area contributed by atoms with Crippen molar-refractivity contribution in [3.05, 3.63) is 99.9 Å². The second-order valence-electron chi connectivity index (χ2n) is 10.5. The van der Waals surface area contributed by atoms with Crippen LogP contribution in [0.25, 0.3) is 5.76 Å². The number of aliphatic hydroxyl groups excluding tert-OH is 2. The quantitative estimate of drug-likeness (QED) is 0.137. The summed E-state index contributed by atoms with van der Waals surface area (Å²) in [5, 5.41) is 21.6. The van der Waals surface area contributed by atoms with Gasteiger partial charge in [-0.15, -0.1) is 0 Å². The van der Waals surface area contributed by atoms with Gasteiger partial charge in [-0.3, -0.25) is 9.59 Å². The Balaban J connectivity index is 2.51. The minimum atomic E-state index is -1.42. The van der Waals surface area contributed by atoms with E-state index in [1.54, 1.807) is 30.3 Å². The Kier molecular flexibility index (Phi) is 11.1. The minimum Gasteiger partial charge on any atom is -0.507 e. The average Bonchev–Trinajstić information content (AvgIpc) is 2.83. The molecule has 0 atom stereocenters.